The van der Waals surface area contributed by atoms with E-state index in [0.29, 0.717) is 0 Å². The minimum absolute atomic E-state index is 0.590. The van der Waals surface area contributed by atoms with Crippen molar-refractivity contribution in [2.45, 2.75) is 5.41 Å². The van der Waals surface area contributed by atoms with Crippen LogP contribution in [0.3, 0.4) is 0 Å². The standard InChI is InChI=1S/C61H41N3/c1-5-20-42(21-6-1)62(43-22-7-2-8-23-43)46-37-39-56-53(40-46)49-29-14-17-33-55(49)61(56)54-32-16-13-28-48(54)52-31-19-35-58(60(52)61)63(44-24-9-3-10-25-44)47-36-38-51-50-30-15-18-34-57(50)64(59(51)41-47)45-26-11-4-12-27-45/h1-41H. The quantitative estimate of drug-likeness (QED) is 0.159. The Balaban J connectivity index is 1.09. The first kappa shape index (κ1) is 36.3. The minimum atomic E-state index is -0.590. The number of rotatable bonds is 7. The van der Waals surface area contributed by atoms with E-state index in [0.717, 1.165) is 39.8 Å². The van der Waals surface area contributed by atoms with E-state index in [1.54, 1.807) is 0 Å². The number of fused-ring (bicyclic) bond motifs is 13. The second kappa shape index (κ2) is 14.3. The Bertz CT molecular complexity index is 3520. The lowest BCUT2D eigenvalue weighted by Gasteiger charge is -2.36. The van der Waals surface area contributed by atoms with Crippen LogP contribution in [0.1, 0.15) is 22.3 Å². The van der Waals surface area contributed by atoms with Gasteiger partial charge < -0.3 is 14.4 Å². The summed E-state index contributed by atoms with van der Waals surface area (Å²) in [6.07, 6.45) is 0. The topological polar surface area (TPSA) is 11.4 Å². The highest BCUT2D eigenvalue weighted by Crippen LogP contribution is 2.66. The number of nitrogens with zero attached hydrogens (tertiary/aromatic N) is 3. The third-order valence-corrected chi connectivity index (χ3v) is 13.5. The highest BCUT2D eigenvalue weighted by atomic mass is 15.2. The van der Waals surface area contributed by atoms with Crippen molar-refractivity contribution in [2.75, 3.05) is 9.80 Å². The number of aromatic nitrogens is 1. The molecule has 0 radical (unpaired) electrons. The monoisotopic (exact) mass is 815 g/mol. The lowest BCUT2D eigenvalue weighted by Crippen LogP contribution is -2.28. The first-order chi connectivity index (χ1) is 31.8. The lowest BCUT2D eigenvalue weighted by atomic mass is 9.70. The Hall–Kier alpha value is -8.40. The van der Waals surface area contributed by atoms with Crippen LogP contribution in [0.5, 0.6) is 0 Å². The van der Waals surface area contributed by atoms with Crippen molar-refractivity contribution in [3.8, 4) is 27.9 Å². The molecule has 11 aromatic rings. The maximum absolute atomic E-state index is 2.50. The van der Waals surface area contributed by atoms with Gasteiger partial charge in [0, 0.05) is 50.5 Å². The largest absolute Gasteiger partial charge is 0.310 e. The van der Waals surface area contributed by atoms with Gasteiger partial charge in [-0.25, -0.2) is 0 Å². The zero-order valence-electron chi connectivity index (χ0n) is 35.0. The molecule has 0 bridgehead atoms. The maximum atomic E-state index is 2.50. The van der Waals surface area contributed by atoms with Gasteiger partial charge in [-0.05, 0) is 124 Å². The van der Waals surface area contributed by atoms with Gasteiger partial charge in [0.1, 0.15) is 0 Å². The van der Waals surface area contributed by atoms with E-state index < -0.39 is 5.41 Å². The summed E-state index contributed by atoms with van der Waals surface area (Å²) >= 11 is 0. The molecule has 1 atom stereocenters. The Morgan fingerprint density at radius 1 is 0.297 bits per heavy atom. The first-order valence-corrected chi connectivity index (χ1v) is 22.1. The molecule has 0 N–H and O–H groups in total. The normalized spacial score (nSPS) is 14.3. The Morgan fingerprint density at radius 2 is 0.781 bits per heavy atom. The van der Waals surface area contributed by atoms with Crippen LogP contribution in [0.25, 0.3) is 49.7 Å². The van der Waals surface area contributed by atoms with Gasteiger partial charge in [0.15, 0.2) is 0 Å². The van der Waals surface area contributed by atoms with Crippen molar-refractivity contribution in [2.24, 2.45) is 0 Å². The minimum Gasteiger partial charge on any atom is -0.310 e. The summed E-state index contributed by atoms with van der Waals surface area (Å²) in [6, 6.07) is 91.3. The molecule has 10 aromatic carbocycles. The van der Waals surface area contributed by atoms with Gasteiger partial charge in [0.2, 0.25) is 0 Å². The fraction of sp³-hybridized carbons (Fsp3) is 0.0164. The molecule has 0 amide bonds. The van der Waals surface area contributed by atoms with Crippen molar-refractivity contribution in [3.63, 3.8) is 0 Å². The Kier molecular flexibility index (Phi) is 8.13. The molecular formula is C61H41N3. The van der Waals surface area contributed by atoms with Gasteiger partial charge in [-0.1, -0.05) is 164 Å². The third kappa shape index (κ3) is 5.22. The molecule has 0 fully saturated rings. The van der Waals surface area contributed by atoms with Crippen LogP contribution < -0.4 is 9.80 Å². The van der Waals surface area contributed by atoms with Gasteiger partial charge in [-0.15, -0.1) is 0 Å². The highest BCUT2D eigenvalue weighted by molar-refractivity contribution is 6.11. The molecule has 1 unspecified atom stereocenters. The van der Waals surface area contributed by atoms with Gasteiger partial charge in [-0.2, -0.15) is 0 Å². The van der Waals surface area contributed by atoms with E-state index in [1.165, 1.54) is 66.3 Å². The second-order valence-electron chi connectivity index (χ2n) is 16.8. The van der Waals surface area contributed by atoms with Crippen molar-refractivity contribution in [1.29, 1.82) is 0 Å². The number of hydrogen-bond donors (Lipinski definition) is 0. The van der Waals surface area contributed by atoms with Gasteiger partial charge >= 0.3 is 0 Å². The summed E-state index contributed by atoms with van der Waals surface area (Å²) in [5, 5.41) is 2.47. The maximum Gasteiger partial charge on any atom is 0.0746 e. The van der Waals surface area contributed by atoms with Gasteiger partial charge in [-0.3, -0.25) is 0 Å². The van der Waals surface area contributed by atoms with Crippen molar-refractivity contribution in [1.82, 2.24) is 4.57 Å². The summed E-state index contributed by atoms with van der Waals surface area (Å²) in [6.45, 7) is 0. The molecular weight excluding hydrogens is 775 g/mol. The predicted molar refractivity (Wildman–Crippen MR) is 266 cm³/mol. The SMILES string of the molecule is c1ccc(N(c2ccccc2)c2ccc3c(c2)-c2ccccc2C32c3ccccc3-c3cccc(N(c4ccccc4)c4ccc5c6ccccc6n(-c6ccccc6)c5c4)c32)cc1. The molecule has 0 saturated carbocycles. The van der Waals surface area contributed by atoms with Crippen LogP contribution in [-0.2, 0) is 5.41 Å². The summed E-state index contributed by atoms with van der Waals surface area (Å²) < 4.78 is 2.42. The van der Waals surface area contributed by atoms with Crippen molar-refractivity contribution >= 4 is 55.9 Å². The van der Waals surface area contributed by atoms with Crippen LogP contribution in [0, 0.1) is 0 Å². The Morgan fingerprint density at radius 3 is 1.45 bits per heavy atom. The average Bonchev–Trinajstić information content (AvgIpc) is 3.97. The fourth-order valence-corrected chi connectivity index (χ4v) is 11.1. The number of para-hydroxylation sites is 5. The van der Waals surface area contributed by atoms with Crippen LogP contribution in [0.2, 0.25) is 0 Å². The van der Waals surface area contributed by atoms with Gasteiger partial charge in [0.05, 0.1) is 22.1 Å². The third-order valence-electron chi connectivity index (χ3n) is 13.5. The van der Waals surface area contributed by atoms with E-state index >= 15 is 0 Å². The van der Waals surface area contributed by atoms with E-state index in [-0.39, 0.29) is 0 Å². The number of hydrogen-bond acceptors (Lipinski definition) is 2. The predicted octanol–water partition coefficient (Wildman–Crippen LogP) is 16.1. The highest BCUT2D eigenvalue weighted by Gasteiger charge is 2.53. The van der Waals surface area contributed by atoms with Crippen molar-refractivity contribution in [3.05, 3.63) is 271 Å². The number of anilines is 6. The molecule has 3 nitrogen and oxygen atoms in total. The zero-order valence-corrected chi connectivity index (χ0v) is 35.0. The van der Waals surface area contributed by atoms with E-state index in [2.05, 4.69) is 263 Å². The number of benzene rings is 10. The summed E-state index contributed by atoms with van der Waals surface area (Å²) in [4.78, 5) is 4.87. The second-order valence-corrected chi connectivity index (χ2v) is 16.8. The van der Waals surface area contributed by atoms with Crippen molar-refractivity contribution < 1.29 is 0 Å². The zero-order chi connectivity index (χ0) is 42.2. The first-order valence-electron chi connectivity index (χ1n) is 22.1. The lowest BCUT2D eigenvalue weighted by molar-refractivity contribution is 0.793. The Labute approximate surface area is 373 Å². The van der Waals surface area contributed by atoms with E-state index in [4.69, 9.17) is 0 Å². The molecule has 300 valence electrons. The molecule has 2 aliphatic rings. The van der Waals surface area contributed by atoms with Crippen LogP contribution >= 0.6 is 0 Å². The summed E-state index contributed by atoms with van der Waals surface area (Å²) in [5.74, 6) is 0. The molecule has 0 aliphatic heterocycles. The molecule has 3 heteroatoms. The van der Waals surface area contributed by atoms with Gasteiger partial charge in [0.25, 0.3) is 0 Å². The molecule has 1 spiro atoms. The molecule has 64 heavy (non-hydrogen) atoms. The fourth-order valence-electron chi connectivity index (χ4n) is 11.1. The molecule has 1 heterocycles. The van der Waals surface area contributed by atoms with E-state index in [9.17, 15) is 0 Å². The average molecular weight is 816 g/mol. The molecule has 13 rings (SSSR count). The van der Waals surface area contributed by atoms with Crippen LogP contribution in [-0.4, -0.2) is 4.57 Å². The molecule has 2 aliphatic carbocycles. The molecule has 0 saturated heterocycles. The smallest absolute Gasteiger partial charge is 0.0746 e. The summed E-state index contributed by atoms with van der Waals surface area (Å²) in [7, 11) is 0. The molecule has 1 aromatic heterocycles. The van der Waals surface area contributed by atoms with Crippen LogP contribution in [0.15, 0.2) is 249 Å². The van der Waals surface area contributed by atoms with E-state index in [1.807, 2.05) is 0 Å². The van der Waals surface area contributed by atoms with Crippen LogP contribution in [0.4, 0.5) is 34.1 Å². The summed E-state index contributed by atoms with van der Waals surface area (Å²) in [5.41, 5.74) is 19.9.